The highest BCUT2D eigenvalue weighted by Gasteiger charge is 2.36. The van der Waals surface area contributed by atoms with Gasteiger partial charge in [-0.2, -0.15) is 5.26 Å². The Morgan fingerprint density at radius 2 is 1.02 bits per heavy atom. The molecular weight excluding hydrogens is 571 g/mol. The summed E-state index contributed by atoms with van der Waals surface area (Å²) in [5.74, 6) is 0.691. The summed E-state index contributed by atoms with van der Waals surface area (Å²) in [4.78, 5) is 10.1. The molecule has 1 aliphatic carbocycles. The van der Waals surface area contributed by atoms with Gasteiger partial charge in [0, 0.05) is 27.7 Å². The van der Waals surface area contributed by atoms with E-state index in [-0.39, 0.29) is 5.41 Å². The first-order chi connectivity index (χ1) is 23.0. The maximum atomic E-state index is 9.96. The largest absolute Gasteiger partial charge is 0.228 e. The summed E-state index contributed by atoms with van der Waals surface area (Å²) in [6.45, 7) is 4.48. The average molecular weight is 602 g/mol. The zero-order valence-electron chi connectivity index (χ0n) is 26.3. The highest BCUT2D eigenvalue weighted by molar-refractivity contribution is 5.88. The number of nitrogens with zero attached hydrogens (tertiary/aromatic N) is 3. The van der Waals surface area contributed by atoms with Crippen molar-refractivity contribution in [1.29, 1.82) is 5.26 Å². The summed E-state index contributed by atoms with van der Waals surface area (Å²) >= 11 is 0. The maximum Gasteiger partial charge on any atom is 0.160 e. The van der Waals surface area contributed by atoms with Crippen LogP contribution in [0.5, 0.6) is 0 Å². The summed E-state index contributed by atoms with van der Waals surface area (Å²) in [5.41, 5.74) is 14.5. The van der Waals surface area contributed by atoms with Gasteiger partial charge in [0.1, 0.15) is 0 Å². The number of hydrogen-bond donors (Lipinski definition) is 0. The standard InChI is InChI=1S/C44H31N3/c1-44(2)38-24-23-34(26-37(38)42-36(28-45)17-10-18-39(42)44)33-15-9-16-35(25-33)41-27-40(46-43(47-41)32-13-7-4-8-14-32)31-21-19-30(20-22-31)29-11-5-3-6-12-29/h3-27H,1-2H3. The zero-order valence-corrected chi connectivity index (χ0v) is 26.3. The second kappa shape index (κ2) is 11.4. The molecule has 0 spiro atoms. The van der Waals surface area contributed by atoms with E-state index < -0.39 is 0 Å². The molecule has 0 bridgehead atoms. The Hall–Kier alpha value is -6.11. The number of rotatable bonds is 5. The van der Waals surface area contributed by atoms with Gasteiger partial charge >= 0.3 is 0 Å². The summed E-state index contributed by atoms with van der Waals surface area (Å²) in [5, 5.41) is 9.96. The van der Waals surface area contributed by atoms with Crippen molar-refractivity contribution >= 4 is 0 Å². The first-order valence-electron chi connectivity index (χ1n) is 15.9. The fourth-order valence-corrected chi connectivity index (χ4v) is 6.86. The lowest BCUT2D eigenvalue weighted by Crippen LogP contribution is -2.14. The highest BCUT2D eigenvalue weighted by Crippen LogP contribution is 2.50. The molecule has 0 saturated carbocycles. The van der Waals surface area contributed by atoms with Gasteiger partial charge in [0.25, 0.3) is 0 Å². The van der Waals surface area contributed by atoms with Crippen LogP contribution in [0.2, 0.25) is 0 Å². The van der Waals surface area contributed by atoms with E-state index in [1.165, 1.54) is 22.3 Å². The van der Waals surface area contributed by atoms with Crippen LogP contribution in [0.1, 0.15) is 30.5 Å². The van der Waals surface area contributed by atoms with Crippen molar-refractivity contribution < 1.29 is 0 Å². The van der Waals surface area contributed by atoms with Crippen LogP contribution in [0.25, 0.3) is 67.3 Å². The van der Waals surface area contributed by atoms with E-state index in [1.54, 1.807) is 0 Å². The Morgan fingerprint density at radius 1 is 0.468 bits per heavy atom. The quantitative estimate of drug-likeness (QED) is 0.197. The van der Waals surface area contributed by atoms with Gasteiger partial charge in [-0.25, -0.2) is 9.97 Å². The predicted octanol–water partition coefficient (Wildman–Crippen LogP) is 11.0. The van der Waals surface area contributed by atoms with Gasteiger partial charge in [0.05, 0.1) is 23.0 Å². The van der Waals surface area contributed by atoms with Crippen molar-refractivity contribution in [3.8, 4) is 73.4 Å². The van der Waals surface area contributed by atoms with Crippen LogP contribution in [-0.2, 0) is 5.41 Å². The van der Waals surface area contributed by atoms with Gasteiger partial charge < -0.3 is 0 Å². The molecule has 222 valence electrons. The van der Waals surface area contributed by atoms with Crippen molar-refractivity contribution in [2.45, 2.75) is 19.3 Å². The Balaban J connectivity index is 1.22. The third-order valence-electron chi connectivity index (χ3n) is 9.36. The van der Waals surface area contributed by atoms with Gasteiger partial charge in [-0.05, 0) is 63.2 Å². The van der Waals surface area contributed by atoms with Gasteiger partial charge in [0.2, 0.25) is 0 Å². The van der Waals surface area contributed by atoms with Crippen LogP contribution < -0.4 is 0 Å². The van der Waals surface area contributed by atoms with Crippen LogP contribution in [0.15, 0.2) is 152 Å². The number of aromatic nitrogens is 2. The SMILES string of the molecule is CC1(C)c2ccc(-c3cccc(-c4cc(-c5ccc(-c6ccccc6)cc5)nc(-c5ccccc5)n4)c3)cc2-c2c(C#N)cccc21. The number of fused-ring (bicyclic) bond motifs is 3. The lowest BCUT2D eigenvalue weighted by Gasteiger charge is -2.21. The Labute approximate surface area is 275 Å². The molecule has 0 fully saturated rings. The van der Waals surface area contributed by atoms with Gasteiger partial charge in [-0.1, -0.05) is 141 Å². The fraction of sp³-hybridized carbons (Fsp3) is 0.0682. The monoisotopic (exact) mass is 601 g/mol. The normalized spacial score (nSPS) is 12.6. The van der Waals surface area contributed by atoms with E-state index in [1.807, 2.05) is 36.4 Å². The number of hydrogen-bond acceptors (Lipinski definition) is 3. The van der Waals surface area contributed by atoms with Crippen LogP contribution in [-0.4, -0.2) is 9.97 Å². The molecule has 0 radical (unpaired) electrons. The molecule has 47 heavy (non-hydrogen) atoms. The first-order valence-corrected chi connectivity index (χ1v) is 15.9. The third-order valence-corrected chi connectivity index (χ3v) is 9.36. The smallest absolute Gasteiger partial charge is 0.160 e. The second-order valence-electron chi connectivity index (χ2n) is 12.6. The van der Waals surface area contributed by atoms with Crippen molar-refractivity contribution in [2.75, 3.05) is 0 Å². The molecular formula is C44H31N3. The van der Waals surface area contributed by atoms with E-state index >= 15 is 0 Å². The van der Waals surface area contributed by atoms with E-state index in [4.69, 9.17) is 9.97 Å². The van der Waals surface area contributed by atoms with Crippen LogP contribution in [0.4, 0.5) is 0 Å². The van der Waals surface area contributed by atoms with Gasteiger partial charge in [0.15, 0.2) is 5.82 Å². The second-order valence-corrected chi connectivity index (χ2v) is 12.6. The number of benzene rings is 6. The van der Waals surface area contributed by atoms with Crippen molar-refractivity contribution in [2.24, 2.45) is 0 Å². The summed E-state index contributed by atoms with van der Waals surface area (Å²) in [6, 6.07) is 55.0. The Bertz CT molecular complexity index is 2310. The van der Waals surface area contributed by atoms with Crippen LogP contribution >= 0.6 is 0 Å². The number of nitriles is 1. The average Bonchev–Trinajstić information content (AvgIpc) is 3.38. The third kappa shape index (κ3) is 5.01. The van der Waals surface area contributed by atoms with Crippen molar-refractivity contribution in [1.82, 2.24) is 9.97 Å². The van der Waals surface area contributed by atoms with E-state index in [9.17, 15) is 5.26 Å². The molecule has 0 unspecified atom stereocenters. The highest BCUT2D eigenvalue weighted by atomic mass is 14.9. The molecule has 0 amide bonds. The molecule has 8 rings (SSSR count). The lowest BCUT2D eigenvalue weighted by molar-refractivity contribution is 0.660. The molecule has 0 N–H and O–H groups in total. The molecule has 0 atom stereocenters. The molecule has 6 aromatic carbocycles. The first kappa shape index (κ1) is 28.4. The van der Waals surface area contributed by atoms with E-state index in [0.717, 1.165) is 55.9 Å². The van der Waals surface area contributed by atoms with Gasteiger partial charge in [-0.15, -0.1) is 0 Å². The lowest BCUT2D eigenvalue weighted by atomic mass is 9.82. The Kier molecular flexibility index (Phi) is 6.85. The Morgan fingerprint density at radius 3 is 1.74 bits per heavy atom. The summed E-state index contributed by atoms with van der Waals surface area (Å²) in [7, 11) is 0. The van der Waals surface area contributed by atoms with E-state index in [2.05, 4.69) is 135 Å². The van der Waals surface area contributed by atoms with Crippen molar-refractivity contribution in [3.05, 3.63) is 168 Å². The summed E-state index contributed by atoms with van der Waals surface area (Å²) < 4.78 is 0. The molecule has 7 aromatic rings. The molecule has 3 nitrogen and oxygen atoms in total. The molecule has 3 heteroatoms. The minimum Gasteiger partial charge on any atom is -0.228 e. The molecule has 1 aliphatic rings. The van der Waals surface area contributed by atoms with E-state index in [0.29, 0.717) is 5.82 Å². The van der Waals surface area contributed by atoms with Crippen molar-refractivity contribution in [3.63, 3.8) is 0 Å². The molecule has 1 aromatic heterocycles. The fourth-order valence-electron chi connectivity index (χ4n) is 6.86. The maximum absolute atomic E-state index is 9.96. The molecule has 0 saturated heterocycles. The summed E-state index contributed by atoms with van der Waals surface area (Å²) in [6.07, 6.45) is 0. The van der Waals surface area contributed by atoms with Crippen LogP contribution in [0, 0.1) is 11.3 Å². The molecule has 1 heterocycles. The topological polar surface area (TPSA) is 49.6 Å². The van der Waals surface area contributed by atoms with Crippen LogP contribution in [0.3, 0.4) is 0 Å². The minimum absolute atomic E-state index is 0.164. The zero-order chi connectivity index (χ0) is 32.0. The predicted molar refractivity (Wildman–Crippen MR) is 191 cm³/mol. The van der Waals surface area contributed by atoms with Gasteiger partial charge in [-0.3, -0.25) is 0 Å². The molecule has 0 aliphatic heterocycles. The minimum atomic E-state index is -0.164.